The van der Waals surface area contributed by atoms with Crippen molar-refractivity contribution in [1.29, 1.82) is 0 Å². The van der Waals surface area contributed by atoms with Crippen molar-refractivity contribution in [3.8, 4) is 0 Å². The molecule has 0 aromatic heterocycles. The summed E-state index contributed by atoms with van der Waals surface area (Å²) in [7, 11) is 0. The van der Waals surface area contributed by atoms with Gasteiger partial charge in [-0.05, 0) is 36.5 Å². The number of rotatable bonds is 2. The number of alkyl halides is 3. The molecule has 4 rings (SSSR count). The first-order chi connectivity index (χ1) is 12.3. The van der Waals surface area contributed by atoms with Gasteiger partial charge in [-0.25, -0.2) is 0 Å². The van der Waals surface area contributed by atoms with Crippen LogP contribution in [0.4, 0.5) is 18.9 Å². The molecule has 0 amide bonds. The van der Waals surface area contributed by atoms with Crippen molar-refractivity contribution in [2.24, 2.45) is 5.41 Å². The Morgan fingerprint density at radius 1 is 1.23 bits per heavy atom. The van der Waals surface area contributed by atoms with Crippen LogP contribution in [0.1, 0.15) is 30.7 Å². The molecule has 136 valence electrons. The second-order valence-electron chi connectivity index (χ2n) is 7.01. The molecule has 1 spiro atoms. The summed E-state index contributed by atoms with van der Waals surface area (Å²) in [6.07, 6.45) is 4.85. The lowest BCUT2D eigenvalue weighted by molar-refractivity contribution is -0.384. The first-order valence-corrected chi connectivity index (χ1v) is 8.49. The Kier molecular flexibility index (Phi) is 3.71. The molecule has 1 aromatic carbocycles. The van der Waals surface area contributed by atoms with Crippen molar-refractivity contribution in [2.45, 2.75) is 37.4 Å². The molecule has 1 aliphatic heterocycles. The Labute approximate surface area is 148 Å². The number of allylic oxidation sites excluding steroid dienone is 4. The van der Waals surface area contributed by atoms with Crippen LogP contribution >= 0.6 is 0 Å². The molecule has 7 heteroatoms. The van der Waals surface area contributed by atoms with Gasteiger partial charge in [-0.2, -0.15) is 13.2 Å². The number of benzene rings is 1. The van der Waals surface area contributed by atoms with E-state index in [4.69, 9.17) is 0 Å². The summed E-state index contributed by atoms with van der Waals surface area (Å²) in [4.78, 5) is 10.4. The number of non-ortho nitro benzene ring substituents is 1. The molecule has 1 aromatic rings. The fourth-order valence-corrected chi connectivity index (χ4v) is 4.46. The van der Waals surface area contributed by atoms with E-state index in [0.29, 0.717) is 6.42 Å². The lowest BCUT2D eigenvalue weighted by Gasteiger charge is -2.48. The second kappa shape index (κ2) is 5.72. The zero-order valence-electron chi connectivity index (χ0n) is 13.8. The first-order valence-electron chi connectivity index (χ1n) is 8.49. The third kappa shape index (κ3) is 2.53. The van der Waals surface area contributed by atoms with E-state index in [1.54, 1.807) is 12.1 Å². The molecular weight excluding hydrogens is 345 g/mol. The Morgan fingerprint density at radius 3 is 2.62 bits per heavy atom. The molecule has 0 saturated carbocycles. The minimum Gasteiger partial charge on any atom is -0.376 e. The highest BCUT2D eigenvalue weighted by Gasteiger charge is 2.52. The number of hydrogen-bond acceptors (Lipinski definition) is 3. The van der Waals surface area contributed by atoms with Crippen LogP contribution in [0, 0.1) is 15.5 Å². The predicted octanol–water partition coefficient (Wildman–Crippen LogP) is 4.76. The van der Waals surface area contributed by atoms with Crippen LogP contribution in [0.3, 0.4) is 0 Å². The summed E-state index contributed by atoms with van der Waals surface area (Å²) in [5.41, 5.74) is 0.347. The largest absolute Gasteiger partial charge is 0.430 e. The molecule has 0 radical (unpaired) electrons. The smallest absolute Gasteiger partial charge is 0.376 e. The number of nitrogens with one attached hydrogen (secondary N) is 1. The van der Waals surface area contributed by atoms with E-state index in [1.807, 2.05) is 18.2 Å². The number of nitro benzene ring substituents is 1. The zero-order valence-corrected chi connectivity index (χ0v) is 13.8. The van der Waals surface area contributed by atoms with Crippen molar-refractivity contribution in [1.82, 2.24) is 5.32 Å². The van der Waals surface area contributed by atoms with Gasteiger partial charge in [0.05, 0.1) is 4.92 Å². The Balaban J connectivity index is 1.75. The fraction of sp³-hybridized carbons (Fsp3) is 0.368. The summed E-state index contributed by atoms with van der Waals surface area (Å²) in [6.45, 7) is 0. The Morgan fingerprint density at radius 2 is 1.96 bits per heavy atom. The first kappa shape index (κ1) is 16.9. The van der Waals surface area contributed by atoms with Crippen LogP contribution in [-0.2, 0) is 0 Å². The highest BCUT2D eigenvalue weighted by Crippen LogP contribution is 2.54. The molecule has 3 aliphatic rings. The minimum atomic E-state index is -4.43. The Hall–Kier alpha value is -2.57. The monoisotopic (exact) mass is 362 g/mol. The third-order valence-electron chi connectivity index (χ3n) is 5.67. The summed E-state index contributed by atoms with van der Waals surface area (Å²) in [6, 6.07) is 5.71. The molecule has 3 atom stereocenters. The molecule has 0 saturated heterocycles. The number of nitrogens with zero attached hydrogens (tertiary/aromatic N) is 1. The van der Waals surface area contributed by atoms with E-state index in [2.05, 4.69) is 5.32 Å². The van der Waals surface area contributed by atoms with Crippen LogP contribution in [0.15, 0.2) is 59.8 Å². The lowest BCUT2D eigenvalue weighted by Crippen LogP contribution is -2.53. The van der Waals surface area contributed by atoms with Gasteiger partial charge >= 0.3 is 6.18 Å². The normalized spacial score (nSPS) is 30.0. The summed E-state index contributed by atoms with van der Waals surface area (Å²) >= 11 is 0. The predicted molar refractivity (Wildman–Crippen MR) is 90.4 cm³/mol. The number of halogens is 3. The van der Waals surface area contributed by atoms with Crippen molar-refractivity contribution in [3.63, 3.8) is 0 Å². The van der Waals surface area contributed by atoms with Crippen molar-refractivity contribution >= 4 is 5.69 Å². The van der Waals surface area contributed by atoms with Gasteiger partial charge in [0.15, 0.2) is 0 Å². The molecule has 1 N–H and O–H groups in total. The topological polar surface area (TPSA) is 55.2 Å². The van der Waals surface area contributed by atoms with Gasteiger partial charge in [0, 0.05) is 29.5 Å². The Bertz CT molecular complexity index is 839. The lowest BCUT2D eigenvalue weighted by atomic mass is 9.63. The van der Waals surface area contributed by atoms with E-state index < -0.39 is 28.3 Å². The maximum absolute atomic E-state index is 13.4. The van der Waals surface area contributed by atoms with Gasteiger partial charge in [0.25, 0.3) is 5.69 Å². The SMILES string of the molecule is O=[N+]([O-])c1ccc(C2CC=CC34CCC=C3C=C(C(F)(F)F)NC24)cc1. The average Bonchev–Trinajstić information content (AvgIpc) is 3.01. The van der Waals surface area contributed by atoms with Crippen LogP contribution in [0.2, 0.25) is 0 Å². The molecular formula is C19H17F3N2O2. The van der Waals surface area contributed by atoms with Crippen molar-refractivity contribution in [2.75, 3.05) is 0 Å². The highest BCUT2D eigenvalue weighted by molar-refractivity contribution is 5.48. The zero-order chi connectivity index (χ0) is 18.5. The highest BCUT2D eigenvalue weighted by atomic mass is 19.4. The van der Waals surface area contributed by atoms with Gasteiger partial charge in [-0.3, -0.25) is 10.1 Å². The van der Waals surface area contributed by atoms with Crippen LogP contribution in [0.5, 0.6) is 0 Å². The number of hydrogen-bond donors (Lipinski definition) is 1. The van der Waals surface area contributed by atoms with Gasteiger partial charge < -0.3 is 5.32 Å². The average molecular weight is 362 g/mol. The van der Waals surface area contributed by atoms with Crippen molar-refractivity contribution < 1.29 is 18.1 Å². The number of nitro groups is 1. The van der Waals surface area contributed by atoms with Gasteiger partial charge in [-0.15, -0.1) is 0 Å². The van der Waals surface area contributed by atoms with Gasteiger partial charge in [0.1, 0.15) is 5.70 Å². The molecule has 2 aliphatic carbocycles. The quantitative estimate of drug-likeness (QED) is 0.469. The van der Waals surface area contributed by atoms with E-state index in [0.717, 1.165) is 24.0 Å². The summed E-state index contributed by atoms with van der Waals surface area (Å²) < 4.78 is 40.1. The molecule has 4 nitrogen and oxygen atoms in total. The van der Waals surface area contributed by atoms with Crippen LogP contribution < -0.4 is 5.32 Å². The van der Waals surface area contributed by atoms with Gasteiger partial charge in [-0.1, -0.05) is 30.4 Å². The van der Waals surface area contributed by atoms with E-state index in [9.17, 15) is 23.3 Å². The molecule has 26 heavy (non-hydrogen) atoms. The van der Waals surface area contributed by atoms with E-state index >= 15 is 0 Å². The van der Waals surface area contributed by atoms with Crippen LogP contribution in [0.25, 0.3) is 0 Å². The summed E-state index contributed by atoms with van der Waals surface area (Å²) in [5, 5.41) is 13.6. The molecule has 1 heterocycles. The van der Waals surface area contributed by atoms with Crippen LogP contribution in [-0.4, -0.2) is 17.1 Å². The minimum absolute atomic E-state index is 0.0243. The summed E-state index contributed by atoms with van der Waals surface area (Å²) in [5.74, 6) is -0.187. The molecule has 0 fully saturated rings. The molecule has 0 bridgehead atoms. The standard InChI is InChI=1S/C19H17F3N2O2/c20-19(21,22)16-11-13-3-1-9-18(13)10-2-4-15(17(18)23-16)12-5-7-14(8-6-12)24(25)26/h2-3,5-8,10-11,15,17,23H,1,4,9H2. The van der Waals surface area contributed by atoms with E-state index in [1.165, 1.54) is 18.2 Å². The van der Waals surface area contributed by atoms with Crippen molar-refractivity contribution in [3.05, 3.63) is 75.5 Å². The third-order valence-corrected chi connectivity index (χ3v) is 5.67. The maximum atomic E-state index is 13.4. The van der Waals surface area contributed by atoms with E-state index in [-0.39, 0.29) is 11.6 Å². The molecule has 3 unspecified atom stereocenters. The second-order valence-corrected chi connectivity index (χ2v) is 7.01. The fourth-order valence-electron chi connectivity index (χ4n) is 4.46. The maximum Gasteiger partial charge on any atom is 0.430 e. The van der Waals surface area contributed by atoms with Gasteiger partial charge in [0.2, 0.25) is 0 Å².